The van der Waals surface area contributed by atoms with E-state index >= 15 is 0 Å². The first-order valence-corrected chi connectivity index (χ1v) is 8.10. The summed E-state index contributed by atoms with van der Waals surface area (Å²) in [7, 11) is 3.79. The van der Waals surface area contributed by atoms with Crippen LogP contribution in [-0.4, -0.2) is 28.8 Å². The monoisotopic (exact) mass is 435 g/mol. The SMILES string of the molecule is CN=C(NCc1c(C)nn(C)c1C)NC(C)CCC(C)(C)C.I. The van der Waals surface area contributed by atoms with Gasteiger partial charge in [-0.1, -0.05) is 20.8 Å². The van der Waals surface area contributed by atoms with Crippen LogP contribution in [0.5, 0.6) is 0 Å². The van der Waals surface area contributed by atoms with Crippen LogP contribution in [0.3, 0.4) is 0 Å². The van der Waals surface area contributed by atoms with Crippen LogP contribution >= 0.6 is 24.0 Å². The number of rotatable bonds is 5. The van der Waals surface area contributed by atoms with Crippen molar-refractivity contribution in [2.45, 2.75) is 67.0 Å². The van der Waals surface area contributed by atoms with E-state index < -0.39 is 0 Å². The van der Waals surface area contributed by atoms with Crippen molar-refractivity contribution in [3.05, 3.63) is 17.0 Å². The standard InChI is InChI=1S/C17H33N5.HI/c1-12(9-10-17(4,5)6)20-16(18-7)19-11-15-13(2)21-22(8)14(15)3;/h12H,9-11H2,1-8H3,(H2,18,19,20);1H. The molecule has 0 aliphatic heterocycles. The molecular weight excluding hydrogens is 401 g/mol. The van der Waals surface area contributed by atoms with Crippen molar-refractivity contribution in [1.82, 2.24) is 20.4 Å². The molecule has 23 heavy (non-hydrogen) atoms. The van der Waals surface area contributed by atoms with E-state index in [1.165, 1.54) is 17.7 Å². The summed E-state index contributed by atoms with van der Waals surface area (Å²) < 4.78 is 1.93. The number of aromatic nitrogens is 2. The summed E-state index contributed by atoms with van der Waals surface area (Å²) in [5, 5.41) is 11.3. The molecule has 1 aromatic heterocycles. The molecule has 0 bridgehead atoms. The van der Waals surface area contributed by atoms with Gasteiger partial charge >= 0.3 is 0 Å². The first kappa shape index (κ1) is 22.2. The highest BCUT2D eigenvalue weighted by molar-refractivity contribution is 14.0. The molecule has 1 rings (SSSR count). The molecule has 0 saturated carbocycles. The molecule has 0 aromatic carbocycles. The number of aliphatic imine (C=N–C) groups is 1. The fourth-order valence-corrected chi connectivity index (χ4v) is 2.40. The Labute approximate surface area is 158 Å². The van der Waals surface area contributed by atoms with Gasteiger partial charge in [0.1, 0.15) is 0 Å². The van der Waals surface area contributed by atoms with E-state index in [0.717, 1.165) is 24.6 Å². The summed E-state index contributed by atoms with van der Waals surface area (Å²) in [5.74, 6) is 0.851. The lowest BCUT2D eigenvalue weighted by Gasteiger charge is -2.23. The molecule has 0 radical (unpaired) electrons. The number of nitrogens with one attached hydrogen (secondary N) is 2. The number of nitrogens with zero attached hydrogens (tertiary/aromatic N) is 3. The quantitative estimate of drug-likeness (QED) is 0.423. The third-order valence-electron chi connectivity index (χ3n) is 4.03. The van der Waals surface area contributed by atoms with Gasteiger partial charge in [-0.05, 0) is 39.0 Å². The summed E-state index contributed by atoms with van der Waals surface area (Å²) >= 11 is 0. The molecule has 134 valence electrons. The highest BCUT2D eigenvalue weighted by Crippen LogP contribution is 2.21. The Morgan fingerprint density at radius 1 is 1.30 bits per heavy atom. The maximum atomic E-state index is 4.45. The Hall–Kier alpha value is -0.790. The summed E-state index contributed by atoms with van der Waals surface area (Å²) in [6, 6.07) is 0.404. The Kier molecular flexibility index (Phi) is 9.17. The van der Waals surface area contributed by atoms with Crippen LogP contribution in [0.4, 0.5) is 0 Å². The van der Waals surface area contributed by atoms with Crippen molar-refractivity contribution in [1.29, 1.82) is 0 Å². The average molecular weight is 435 g/mol. The van der Waals surface area contributed by atoms with E-state index in [0.29, 0.717) is 11.5 Å². The van der Waals surface area contributed by atoms with E-state index in [9.17, 15) is 0 Å². The first-order valence-electron chi connectivity index (χ1n) is 8.10. The van der Waals surface area contributed by atoms with Crippen LogP contribution in [0.1, 0.15) is 57.5 Å². The lowest BCUT2D eigenvalue weighted by Crippen LogP contribution is -2.42. The normalized spacial score (nSPS) is 13.5. The fraction of sp³-hybridized carbons (Fsp3) is 0.765. The van der Waals surface area contributed by atoms with Crippen LogP contribution in [0, 0.1) is 19.3 Å². The Bertz CT molecular complexity index is 514. The van der Waals surface area contributed by atoms with Gasteiger partial charge in [0.05, 0.1) is 5.69 Å². The summed E-state index contributed by atoms with van der Waals surface area (Å²) in [5.41, 5.74) is 3.88. The minimum Gasteiger partial charge on any atom is -0.354 e. The summed E-state index contributed by atoms with van der Waals surface area (Å²) in [4.78, 5) is 4.32. The molecule has 0 spiro atoms. The van der Waals surface area contributed by atoms with Crippen LogP contribution < -0.4 is 10.6 Å². The molecule has 0 aliphatic carbocycles. The van der Waals surface area contributed by atoms with Gasteiger partial charge in [0.2, 0.25) is 0 Å². The average Bonchev–Trinajstić information content (AvgIpc) is 2.65. The second kappa shape index (κ2) is 9.49. The third-order valence-corrected chi connectivity index (χ3v) is 4.03. The Balaban J connectivity index is 0.00000484. The van der Waals surface area contributed by atoms with Crippen molar-refractivity contribution in [2.24, 2.45) is 17.5 Å². The molecule has 0 aliphatic rings. The van der Waals surface area contributed by atoms with Crippen molar-refractivity contribution >= 4 is 29.9 Å². The smallest absolute Gasteiger partial charge is 0.191 e. The van der Waals surface area contributed by atoms with Gasteiger partial charge in [0.15, 0.2) is 5.96 Å². The zero-order valence-electron chi connectivity index (χ0n) is 15.9. The molecule has 1 aromatic rings. The van der Waals surface area contributed by atoms with E-state index in [4.69, 9.17) is 0 Å². The van der Waals surface area contributed by atoms with Gasteiger partial charge in [-0.2, -0.15) is 5.10 Å². The predicted octanol–water partition coefficient (Wildman–Crippen LogP) is 3.53. The molecule has 6 heteroatoms. The van der Waals surface area contributed by atoms with Crippen molar-refractivity contribution < 1.29 is 0 Å². The largest absolute Gasteiger partial charge is 0.354 e. The molecule has 1 unspecified atom stereocenters. The minimum atomic E-state index is 0. The van der Waals surface area contributed by atoms with E-state index in [2.05, 4.69) is 55.3 Å². The first-order chi connectivity index (χ1) is 10.1. The maximum absolute atomic E-state index is 4.45. The second-order valence-corrected chi connectivity index (χ2v) is 7.34. The lowest BCUT2D eigenvalue weighted by molar-refractivity contribution is 0.346. The molecule has 0 amide bonds. The van der Waals surface area contributed by atoms with Crippen molar-refractivity contribution in [2.75, 3.05) is 7.05 Å². The molecule has 5 nitrogen and oxygen atoms in total. The second-order valence-electron chi connectivity index (χ2n) is 7.34. The highest BCUT2D eigenvalue weighted by Gasteiger charge is 2.14. The van der Waals surface area contributed by atoms with E-state index in [1.54, 1.807) is 0 Å². The topological polar surface area (TPSA) is 54.2 Å². The van der Waals surface area contributed by atoms with Gasteiger partial charge in [0, 0.05) is 37.9 Å². The molecule has 1 heterocycles. The Morgan fingerprint density at radius 3 is 2.35 bits per heavy atom. The minimum absolute atomic E-state index is 0. The number of hydrogen-bond acceptors (Lipinski definition) is 2. The van der Waals surface area contributed by atoms with Gasteiger partial charge < -0.3 is 10.6 Å². The zero-order valence-corrected chi connectivity index (χ0v) is 18.3. The molecular formula is C17H34IN5. The Morgan fingerprint density at radius 2 is 1.91 bits per heavy atom. The highest BCUT2D eigenvalue weighted by atomic mass is 127. The molecule has 0 saturated heterocycles. The fourth-order valence-electron chi connectivity index (χ4n) is 2.40. The zero-order chi connectivity index (χ0) is 16.9. The van der Waals surface area contributed by atoms with Crippen LogP contribution in [0.2, 0.25) is 0 Å². The van der Waals surface area contributed by atoms with Gasteiger partial charge in [-0.15, -0.1) is 24.0 Å². The summed E-state index contributed by atoms with van der Waals surface area (Å²) in [6.45, 7) is 13.9. The van der Waals surface area contributed by atoms with E-state index in [-0.39, 0.29) is 24.0 Å². The van der Waals surface area contributed by atoms with Gasteiger partial charge in [0.25, 0.3) is 0 Å². The molecule has 0 fully saturated rings. The maximum Gasteiger partial charge on any atom is 0.191 e. The molecule has 2 N–H and O–H groups in total. The van der Waals surface area contributed by atoms with Crippen molar-refractivity contribution in [3.8, 4) is 0 Å². The van der Waals surface area contributed by atoms with Crippen molar-refractivity contribution in [3.63, 3.8) is 0 Å². The number of halogens is 1. The summed E-state index contributed by atoms with van der Waals surface area (Å²) in [6.07, 6.45) is 2.33. The van der Waals surface area contributed by atoms with Crippen LogP contribution in [0.25, 0.3) is 0 Å². The van der Waals surface area contributed by atoms with Gasteiger partial charge in [-0.25, -0.2) is 0 Å². The number of hydrogen-bond donors (Lipinski definition) is 2. The number of guanidine groups is 1. The molecule has 1 atom stereocenters. The van der Waals surface area contributed by atoms with Crippen LogP contribution in [-0.2, 0) is 13.6 Å². The van der Waals surface area contributed by atoms with Crippen LogP contribution in [0.15, 0.2) is 4.99 Å². The third kappa shape index (κ3) is 7.54. The predicted molar refractivity (Wildman–Crippen MR) is 110 cm³/mol. The number of aryl methyl sites for hydroxylation is 2. The lowest BCUT2D eigenvalue weighted by atomic mass is 9.89. The van der Waals surface area contributed by atoms with E-state index in [1.807, 2.05) is 25.7 Å². The van der Waals surface area contributed by atoms with Gasteiger partial charge in [-0.3, -0.25) is 9.67 Å².